The minimum absolute atomic E-state index is 0.140. The quantitative estimate of drug-likeness (QED) is 0.875. The number of hydrogen-bond acceptors (Lipinski definition) is 2. The van der Waals surface area contributed by atoms with Crippen molar-refractivity contribution in [1.82, 2.24) is 4.90 Å². The zero-order chi connectivity index (χ0) is 15.5. The fourth-order valence-electron chi connectivity index (χ4n) is 3.63. The van der Waals surface area contributed by atoms with E-state index in [0.717, 1.165) is 18.0 Å². The lowest BCUT2D eigenvalue weighted by Crippen LogP contribution is -2.42. The second-order valence-electron chi connectivity index (χ2n) is 7.63. The number of benzene rings is 1. The van der Waals surface area contributed by atoms with Crippen molar-refractivity contribution in [3.8, 4) is 0 Å². The molecule has 0 aromatic heterocycles. The maximum atomic E-state index is 10.7. The van der Waals surface area contributed by atoms with Crippen LogP contribution in [0.4, 0.5) is 0 Å². The van der Waals surface area contributed by atoms with Crippen molar-refractivity contribution in [2.75, 3.05) is 13.6 Å². The topological polar surface area (TPSA) is 23.5 Å². The predicted molar refractivity (Wildman–Crippen MR) is 89.2 cm³/mol. The van der Waals surface area contributed by atoms with E-state index in [4.69, 9.17) is 0 Å². The molecule has 0 saturated heterocycles. The molecule has 1 aromatic rings. The fraction of sp³-hybridized carbons (Fsp3) is 0.684. The van der Waals surface area contributed by atoms with Gasteiger partial charge in [-0.3, -0.25) is 0 Å². The second-order valence-corrected chi connectivity index (χ2v) is 7.63. The zero-order valence-corrected chi connectivity index (χ0v) is 14.0. The molecule has 0 aliphatic heterocycles. The normalized spacial score (nSPS) is 25.0. The Balaban J connectivity index is 1.96. The van der Waals surface area contributed by atoms with Crippen molar-refractivity contribution in [2.24, 2.45) is 11.3 Å². The third kappa shape index (κ3) is 4.31. The summed E-state index contributed by atoms with van der Waals surface area (Å²) in [7, 11) is 2.22. The Kier molecular flexibility index (Phi) is 5.45. The van der Waals surface area contributed by atoms with E-state index in [1.165, 1.54) is 25.7 Å². The van der Waals surface area contributed by atoms with Crippen molar-refractivity contribution in [3.05, 3.63) is 35.9 Å². The first-order valence-electron chi connectivity index (χ1n) is 8.33. The molecular formula is C19H31NO. The highest BCUT2D eigenvalue weighted by Gasteiger charge is 2.32. The lowest BCUT2D eigenvalue weighted by Gasteiger charge is -2.40. The molecule has 1 unspecified atom stereocenters. The average Bonchev–Trinajstić information content (AvgIpc) is 2.47. The summed E-state index contributed by atoms with van der Waals surface area (Å²) < 4.78 is 0. The summed E-state index contributed by atoms with van der Waals surface area (Å²) in [6.07, 6.45) is 4.88. The van der Waals surface area contributed by atoms with Crippen LogP contribution in [0.15, 0.2) is 30.3 Å². The zero-order valence-electron chi connectivity index (χ0n) is 14.0. The van der Waals surface area contributed by atoms with E-state index < -0.39 is 6.10 Å². The second kappa shape index (κ2) is 6.93. The van der Waals surface area contributed by atoms with Gasteiger partial charge in [0.25, 0.3) is 0 Å². The highest BCUT2D eigenvalue weighted by Crippen LogP contribution is 2.35. The number of rotatable bonds is 5. The summed E-state index contributed by atoms with van der Waals surface area (Å²) in [6, 6.07) is 10.7. The van der Waals surface area contributed by atoms with Gasteiger partial charge in [0, 0.05) is 18.0 Å². The van der Waals surface area contributed by atoms with E-state index in [1.54, 1.807) is 0 Å². The Morgan fingerprint density at radius 1 is 1.14 bits per heavy atom. The third-order valence-corrected chi connectivity index (χ3v) is 5.12. The van der Waals surface area contributed by atoms with Gasteiger partial charge in [-0.2, -0.15) is 0 Å². The Bertz CT molecular complexity index is 420. The number of aliphatic hydroxyl groups excluding tert-OH is 1. The molecule has 1 atom stereocenters. The van der Waals surface area contributed by atoms with Crippen LogP contribution in [-0.4, -0.2) is 29.6 Å². The molecule has 0 heterocycles. The summed E-state index contributed by atoms with van der Waals surface area (Å²) in [5.41, 5.74) is 0.882. The van der Waals surface area contributed by atoms with Gasteiger partial charge in [-0.05, 0) is 44.2 Å². The van der Waals surface area contributed by atoms with E-state index in [-0.39, 0.29) is 5.41 Å². The highest BCUT2D eigenvalue weighted by atomic mass is 16.3. The summed E-state index contributed by atoms with van der Waals surface area (Å²) in [5, 5.41) is 10.7. The Hall–Kier alpha value is -0.860. The summed E-state index contributed by atoms with van der Waals surface area (Å²) in [4.78, 5) is 2.47. The van der Waals surface area contributed by atoms with Crippen molar-refractivity contribution in [1.29, 1.82) is 0 Å². The van der Waals surface area contributed by atoms with E-state index in [1.807, 2.05) is 30.3 Å². The van der Waals surface area contributed by atoms with Crippen LogP contribution in [0, 0.1) is 11.3 Å². The monoisotopic (exact) mass is 289 g/mol. The first-order valence-corrected chi connectivity index (χ1v) is 8.33. The van der Waals surface area contributed by atoms with Gasteiger partial charge in [0.05, 0.1) is 6.10 Å². The molecule has 1 aromatic carbocycles. The molecule has 1 fully saturated rings. The molecule has 2 nitrogen and oxygen atoms in total. The van der Waals surface area contributed by atoms with Crippen molar-refractivity contribution in [2.45, 2.75) is 58.6 Å². The molecule has 1 saturated carbocycles. The average molecular weight is 289 g/mol. The van der Waals surface area contributed by atoms with Gasteiger partial charge < -0.3 is 10.0 Å². The molecule has 0 bridgehead atoms. The van der Waals surface area contributed by atoms with E-state index in [2.05, 4.69) is 32.7 Å². The van der Waals surface area contributed by atoms with Crippen LogP contribution >= 0.6 is 0 Å². The number of hydrogen-bond donors (Lipinski definition) is 1. The molecule has 0 radical (unpaired) electrons. The number of nitrogens with zero attached hydrogens (tertiary/aromatic N) is 1. The predicted octanol–water partition coefficient (Wildman–Crippen LogP) is 4.26. The summed E-state index contributed by atoms with van der Waals surface area (Å²) in [6.45, 7) is 7.64. The van der Waals surface area contributed by atoms with Crippen molar-refractivity contribution >= 4 is 0 Å². The third-order valence-electron chi connectivity index (χ3n) is 5.12. The first-order chi connectivity index (χ1) is 9.90. The standard InChI is InChI=1S/C19H31NO/c1-15-10-12-17(13-11-15)20(4)14-19(2,3)18(21)16-8-6-5-7-9-16/h5-9,15,17-18,21H,10-14H2,1-4H3. The molecule has 2 rings (SSSR count). The van der Waals surface area contributed by atoms with Crippen molar-refractivity contribution < 1.29 is 5.11 Å². The van der Waals surface area contributed by atoms with Gasteiger partial charge in [0.15, 0.2) is 0 Å². The SMILES string of the molecule is CC1CCC(N(C)CC(C)(C)C(O)c2ccccc2)CC1. The Morgan fingerprint density at radius 2 is 1.71 bits per heavy atom. The smallest absolute Gasteiger partial charge is 0.0853 e. The summed E-state index contributed by atoms with van der Waals surface area (Å²) in [5.74, 6) is 0.887. The van der Waals surface area contributed by atoms with Crippen LogP contribution in [0.1, 0.15) is 58.1 Å². The maximum absolute atomic E-state index is 10.7. The molecule has 2 heteroatoms. The molecule has 0 amide bonds. The van der Waals surface area contributed by atoms with Crippen molar-refractivity contribution in [3.63, 3.8) is 0 Å². The van der Waals surface area contributed by atoms with Gasteiger partial charge in [0.2, 0.25) is 0 Å². The first kappa shape index (κ1) is 16.5. The highest BCUT2D eigenvalue weighted by molar-refractivity contribution is 5.19. The minimum atomic E-state index is -0.413. The van der Waals surface area contributed by atoms with E-state index in [9.17, 15) is 5.11 Å². The molecular weight excluding hydrogens is 258 g/mol. The molecule has 1 aliphatic rings. The maximum Gasteiger partial charge on any atom is 0.0853 e. The molecule has 1 N–H and O–H groups in total. The van der Waals surface area contributed by atoms with Crippen LogP contribution in [0.3, 0.4) is 0 Å². The lowest BCUT2D eigenvalue weighted by atomic mass is 9.80. The van der Waals surface area contributed by atoms with Crippen LogP contribution < -0.4 is 0 Å². The van der Waals surface area contributed by atoms with Crippen LogP contribution in [-0.2, 0) is 0 Å². The van der Waals surface area contributed by atoms with Gasteiger partial charge in [-0.25, -0.2) is 0 Å². The molecule has 1 aliphatic carbocycles. The van der Waals surface area contributed by atoms with Gasteiger partial charge in [-0.15, -0.1) is 0 Å². The summed E-state index contributed by atoms with van der Waals surface area (Å²) >= 11 is 0. The van der Waals surface area contributed by atoms with Crippen LogP contribution in [0.25, 0.3) is 0 Å². The largest absolute Gasteiger partial charge is 0.388 e. The Labute approximate surface area is 130 Å². The van der Waals surface area contributed by atoms with Crippen LogP contribution in [0.2, 0.25) is 0 Å². The number of aliphatic hydroxyl groups is 1. The van der Waals surface area contributed by atoms with E-state index in [0.29, 0.717) is 6.04 Å². The Morgan fingerprint density at radius 3 is 2.29 bits per heavy atom. The molecule has 118 valence electrons. The van der Waals surface area contributed by atoms with Gasteiger partial charge >= 0.3 is 0 Å². The van der Waals surface area contributed by atoms with E-state index >= 15 is 0 Å². The fourth-order valence-corrected chi connectivity index (χ4v) is 3.63. The minimum Gasteiger partial charge on any atom is -0.388 e. The van der Waals surface area contributed by atoms with Crippen LogP contribution in [0.5, 0.6) is 0 Å². The van der Waals surface area contributed by atoms with Gasteiger partial charge in [-0.1, -0.05) is 51.1 Å². The lowest BCUT2D eigenvalue weighted by molar-refractivity contribution is 0.0109. The van der Waals surface area contributed by atoms with Gasteiger partial charge in [0.1, 0.15) is 0 Å². The molecule has 0 spiro atoms. The molecule has 21 heavy (non-hydrogen) atoms.